The Bertz CT molecular complexity index is 2210. The number of rotatable bonds is 37. The number of nitrogen functional groups attached to an aromatic ring is 1. The number of hydrogen-bond donors (Lipinski definition) is 2. The van der Waals surface area contributed by atoms with Crippen molar-refractivity contribution in [2.75, 3.05) is 164 Å². The second kappa shape index (κ2) is 34.9. The van der Waals surface area contributed by atoms with Crippen molar-refractivity contribution < 1.29 is 42.7 Å². The molecule has 0 bridgehead atoms. The predicted octanol–water partition coefficient (Wildman–Crippen LogP) is 6.07. The third kappa shape index (κ3) is 21.5. The van der Waals surface area contributed by atoms with Gasteiger partial charge in [0.2, 0.25) is 5.91 Å². The lowest BCUT2D eigenvalue weighted by Crippen LogP contribution is -2.37. The third-order valence-corrected chi connectivity index (χ3v) is 14.8. The van der Waals surface area contributed by atoms with Gasteiger partial charge in [0.25, 0.3) is 0 Å². The van der Waals surface area contributed by atoms with Crippen LogP contribution in [0, 0.1) is 17.8 Å². The van der Waals surface area contributed by atoms with E-state index in [-0.39, 0.29) is 5.91 Å². The topological polar surface area (TPSA) is 192 Å². The summed E-state index contributed by atoms with van der Waals surface area (Å²) in [7, 11) is 2.22. The van der Waals surface area contributed by atoms with Crippen LogP contribution in [0.15, 0.2) is 23.6 Å². The maximum absolute atomic E-state index is 12.0. The first-order valence-corrected chi connectivity index (χ1v) is 28.7. The zero-order chi connectivity index (χ0) is 51.1. The fraction of sp³-hybridized carbons (Fsp3) is 0.717. The molecule has 4 aromatic rings. The van der Waals surface area contributed by atoms with Crippen molar-refractivity contribution in [2.24, 2.45) is 5.92 Å². The number of carbonyl (C=O) groups excluding carboxylic acids is 1. The Balaban J connectivity index is 0.673. The van der Waals surface area contributed by atoms with Crippen LogP contribution in [0.4, 0.5) is 5.82 Å². The molecule has 2 fully saturated rings. The molecule has 0 radical (unpaired) electrons. The standard InChI is InChI=1S/C53H83N9O9S2/c1-4-5-10-47-59-49-50(51-45(58-52(49)54)38-46(73-51)44-14-17-60(2)18-15-44)62(47)41-42-12-19-61(20-13-42)21-23-65-25-27-67-29-31-69-33-35-71-37-36-70-34-32-68-30-28-66-26-24-64-22-16-55-48(63)11-8-6-7-9-43-39-56-53(72-3)57-40-43/h38-40,42,44H,4-6,8,10-37,41H2,1-3H3,(H2,54,58)(H,55,63). The van der Waals surface area contributed by atoms with Gasteiger partial charge in [0.1, 0.15) is 11.3 Å². The average Bonchev–Trinajstić information content (AvgIpc) is 4.00. The minimum atomic E-state index is -0.00758. The van der Waals surface area contributed by atoms with Gasteiger partial charge in [0.05, 0.1) is 127 Å². The fourth-order valence-electron chi connectivity index (χ4n) is 8.78. The second-order valence-corrected chi connectivity index (χ2v) is 20.4. The molecular formula is C53H83N9O9S2. The van der Waals surface area contributed by atoms with Crippen molar-refractivity contribution in [3.05, 3.63) is 34.7 Å². The molecule has 20 heteroatoms. The number of hydrogen-bond acceptors (Lipinski definition) is 18. The second-order valence-electron chi connectivity index (χ2n) is 18.5. The zero-order valence-corrected chi connectivity index (χ0v) is 45.6. The van der Waals surface area contributed by atoms with Crippen molar-refractivity contribution in [1.29, 1.82) is 0 Å². The molecule has 6 heterocycles. The van der Waals surface area contributed by atoms with E-state index in [0.717, 1.165) is 99.0 Å². The molecule has 73 heavy (non-hydrogen) atoms. The number of nitrogens with two attached hydrogens (primary N) is 1. The number of ether oxygens (including phenoxy) is 8. The summed E-state index contributed by atoms with van der Waals surface area (Å²) in [6.07, 6.45) is 15.0. The van der Waals surface area contributed by atoms with Crippen molar-refractivity contribution >= 4 is 56.1 Å². The normalized spacial score (nSPS) is 15.2. The van der Waals surface area contributed by atoms with E-state index < -0.39 is 0 Å². The van der Waals surface area contributed by atoms with Crippen LogP contribution in [0.3, 0.4) is 0 Å². The van der Waals surface area contributed by atoms with E-state index in [1.807, 2.05) is 17.6 Å². The Labute approximate surface area is 441 Å². The molecule has 406 valence electrons. The molecule has 4 aromatic heterocycles. The van der Waals surface area contributed by atoms with Crippen LogP contribution in [0.2, 0.25) is 0 Å². The van der Waals surface area contributed by atoms with E-state index in [1.54, 1.807) is 12.4 Å². The Hall–Kier alpha value is -3.56. The van der Waals surface area contributed by atoms with Crippen molar-refractivity contribution in [3.63, 3.8) is 0 Å². The molecule has 2 saturated heterocycles. The van der Waals surface area contributed by atoms with E-state index in [4.69, 9.17) is 53.6 Å². The Morgan fingerprint density at radius 2 is 1.36 bits per heavy atom. The van der Waals surface area contributed by atoms with Gasteiger partial charge in [-0.05, 0) is 95.9 Å². The van der Waals surface area contributed by atoms with Gasteiger partial charge >= 0.3 is 0 Å². The predicted molar refractivity (Wildman–Crippen MR) is 289 cm³/mol. The highest BCUT2D eigenvalue weighted by Crippen LogP contribution is 2.40. The summed E-state index contributed by atoms with van der Waals surface area (Å²) >= 11 is 3.42. The Kier molecular flexibility index (Phi) is 28.1. The quantitative estimate of drug-likeness (QED) is 0.0229. The van der Waals surface area contributed by atoms with Crippen LogP contribution < -0.4 is 11.1 Å². The average molecular weight is 1050 g/mol. The summed E-state index contributed by atoms with van der Waals surface area (Å²) in [4.78, 5) is 36.8. The molecular weight excluding hydrogens is 971 g/mol. The van der Waals surface area contributed by atoms with Crippen molar-refractivity contribution in [1.82, 2.24) is 39.6 Å². The number of unbranched alkanes of at least 4 members (excludes halogenated alkanes) is 2. The number of nitrogens with one attached hydrogen (secondary N) is 1. The molecule has 2 aliphatic rings. The lowest BCUT2D eigenvalue weighted by atomic mass is 9.95. The van der Waals surface area contributed by atoms with Crippen molar-refractivity contribution in [2.45, 2.75) is 88.8 Å². The number of aryl methyl sites for hydroxylation is 1. The minimum Gasteiger partial charge on any atom is -0.382 e. The number of thiophene rings is 1. The summed E-state index contributed by atoms with van der Waals surface area (Å²) in [5.41, 5.74) is 10.5. The van der Waals surface area contributed by atoms with E-state index in [1.165, 1.54) is 39.7 Å². The lowest BCUT2D eigenvalue weighted by Gasteiger charge is -2.32. The molecule has 0 spiro atoms. The van der Waals surface area contributed by atoms with E-state index in [9.17, 15) is 4.79 Å². The Morgan fingerprint density at radius 3 is 1.93 bits per heavy atom. The van der Waals surface area contributed by atoms with E-state index in [0.29, 0.717) is 149 Å². The van der Waals surface area contributed by atoms with Crippen LogP contribution in [0.25, 0.3) is 21.3 Å². The van der Waals surface area contributed by atoms with Gasteiger partial charge < -0.3 is 63.3 Å². The SMILES string of the molecule is CCCCc1nc2c(N)nc3cc(C4CCN(C)CC4)sc3c2n1CC1CCN(CCOCCOCCOCCOCCOCCOCCOCCOCCNC(=O)CCCC#Cc2cnc(SC)nc2)CC1. The molecule has 0 saturated carbocycles. The summed E-state index contributed by atoms with van der Waals surface area (Å²) in [6.45, 7) is 17.3. The van der Waals surface area contributed by atoms with Gasteiger partial charge in [-0.25, -0.2) is 19.9 Å². The van der Waals surface area contributed by atoms with Gasteiger partial charge in [-0.2, -0.15) is 0 Å². The first-order chi connectivity index (χ1) is 35.9. The molecule has 18 nitrogen and oxygen atoms in total. The number of fused-ring (bicyclic) bond motifs is 3. The van der Waals surface area contributed by atoms with Crippen LogP contribution in [-0.2, 0) is 55.7 Å². The molecule has 1 amide bonds. The monoisotopic (exact) mass is 1050 g/mol. The first kappa shape index (κ1) is 58.7. The highest BCUT2D eigenvalue weighted by atomic mass is 32.2. The minimum absolute atomic E-state index is 0.00758. The summed E-state index contributed by atoms with van der Waals surface area (Å²) in [5.74, 6) is 8.99. The molecule has 0 aromatic carbocycles. The molecule has 2 aliphatic heterocycles. The largest absolute Gasteiger partial charge is 0.382 e. The number of carbonyl (C=O) groups is 1. The number of likely N-dealkylation sites (tertiary alicyclic amines) is 2. The number of nitrogens with zero attached hydrogens (tertiary/aromatic N) is 7. The molecule has 3 N–H and O–H groups in total. The van der Waals surface area contributed by atoms with Crippen LogP contribution >= 0.6 is 23.1 Å². The van der Waals surface area contributed by atoms with Gasteiger partial charge in [-0.3, -0.25) is 4.79 Å². The van der Waals surface area contributed by atoms with Gasteiger partial charge in [0, 0.05) is 56.2 Å². The van der Waals surface area contributed by atoms with Crippen LogP contribution in [0.1, 0.15) is 86.9 Å². The number of anilines is 1. The first-order valence-electron chi connectivity index (χ1n) is 26.6. The number of imidazole rings is 1. The van der Waals surface area contributed by atoms with Crippen molar-refractivity contribution in [3.8, 4) is 11.8 Å². The number of thioether (sulfide) groups is 1. The maximum Gasteiger partial charge on any atom is 0.220 e. The summed E-state index contributed by atoms with van der Waals surface area (Å²) < 4.78 is 48.8. The lowest BCUT2D eigenvalue weighted by molar-refractivity contribution is -0.121. The molecule has 0 atom stereocenters. The number of aromatic nitrogens is 5. The number of pyridine rings is 1. The van der Waals surface area contributed by atoms with E-state index >= 15 is 0 Å². The van der Waals surface area contributed by atoms with E-state index in [2.05, 4.69) is 61.5 Å². The van der Waals surface area contributed by atoms with Crippen LogP contribution in [0.5, 0.6) is 0 Å². The third-order valence-electron chi connectivity index (χ3n) is 13.0. The highest BCUT2D eigenvalue weighted by molar-refractivity contribution is 7.98. The number of piperidine rings is 2. The fourth-order valence-corrected chi connectivity index (χ4v) is 10.4. The smallest absolute Gasteiger partial charge is 0.220 e. The summed E-state index contributed by atoms with van der Waals surface area (Å²) in [5, 5.41) is 3.58. The molecule has 0 aliphatic carbocycles. The van der Waals surface area contributed by atoms with Gasteiger partial charge in [-0.1, -0.05) is 36.9 Å². The number of amides is 1. The van der Waals surface area contributed by atoms with Gasteiger partial charge in [0.15, 0.2) is 11.0 Å². The zero-order valence-electron chi connectivity index (χ0n) is 43.9. The van der Waals surface area contributed by atoms with Gasteiger partial charge in [-0.15, -0.1) is 11.3 Å². The molecule has 0 unspecified atom stereocenters. The molecule has 6 rings (SSSR count). The van der Waals surface area contributed by atoms with Crippen LogP contribution in [-0.4, -0.2) is 198 Å². The Morgan fingerprint density at radius 1 is 0.781 bits per heavy atom. The highest BCUT2D eigenvalue weighted by Gasteiger charge is 2.26. The summed E-state index contributed by atoms with van der Waals surface area (Å²) in [6, 6.07) is 2.32. The maximum atomic E-state index is 12.0.